The number of aromatic carboxylic acids is 1. The van der Waals surface area contributed by atoms with Crippen LogP contribution in [0.15, 0.2) is 76.5 Å². The Hall–Kier alpha value is -3.67. The fourth-order valence-electron chi connectivity index (χ4n) is 6.61. The molecule has 1 aromatic rings. The number of hydrogen-bond donors (Lipinski definition) is 1. The van der Waals surface area contributed by atoms with Crippen LogP contribution in [0.4, 0.5) is 5.69 Å². The molecule has 0 aromatic heterocycles. The number of allylic oxidation sites excluding steroid dienone is 9. The monoisotopic (exact) mass is 655 g/mol. The van der Waals surface area contributed by atoms with Gasteiger partial charge in [-0.3, -0.25) is 4.79 Å². The smallest absolute Gasteiger partial charge is 0.335 e. The number of carboxylic acid groups (broad SMARTS) is 1. The highest BCUT2D eigenvalue weighted by molar-refractivity contribution is 6.24. The van der Waals surface area contributed by atoms with Crippen LogP contribution in [0.5, 0.6) is 0 Å². The number of benzene rings is 1. The summed E-state index contributed by atoms with van der Waals surface area (Å²) in [5.74, 6) is 0.0838. The third kappa shape index (κ3) is 8.30. The number of carbonyl (C=O) groups is 2. The summed E-state index contributed by atoms with van der Waals surface area (Å²) in [6.45, 7) is 19.5. The van der Waals surface area contributed by atoms with Crippen LogP contribution >= 0.6 is 0 Å². The van der Waals surface area contributed by atoms with Crippen molar-refractivity contribution in [3.63, 3.8) is 0 Å². The molecule has 4 rings (SSSR count). The van der Waals surface area contributed by atoms with Gasteiger partial charge in [0.2, 0.25) is 5.69 Å². The van der Waals surface area contributed by atoms with Crippen molar-refractivity contribution in [3.05, 3.63) is 87.6 Å². The van der Waals surface area contributed by atoms with E-state index in [1.807, 2.05) is 32.1 Å². The number of rotatable bonds is 14. The summed E-state index contributed by atoms with van der Waals surface area (Å²) in [5, 5.41) is 23.3. The number of nitrogens with zero attached hydrogens (tertiary/aromatic N) is 1. The number of fused-ring (bicyclic) bond motifs is 1. The van der Waals surface area contributed by atoms with Gasteiger partial charge < -0.3 is 14.9 Å². The molecule has 0 unspecified atom stereocenters. The van der Waals surface area contributed by atoms with E-state index in [4.69, 9.17) is 4.74 Å². The number of ketones is 1. The minimum atomic E-state index is -0.973. The van der Waals surface area contributed by atoms with Gasteiger partial charge in [0, 0.05) is 46.1 Å². The number of unbranched alkanes of at least 4 members (excludes halogenated alkanes) is 9. The van der Waals surface area contributed by atoms with Crippen molar-refractivity contribution in [2.45, 2.75) is 132 Å². The van der Waals surface area contributed by atoms with E-state index in [1.165, 1.54) is 51.4 Å². The van der Waals surface area contributed by atoms with E-state index in [0.29, 0.717) is 0 Å². The number of hydrogen-bond acceptors (Lipinski definition) is 4. The molecule has 1 aromatic carbocycles. The zero-order valence-electron chi connectivity index (χ0n) is 30.8. The molecule has 2 aliphatic heterocycles. The summed E-state index contributed by atoms with van der Waals surface area (Å²) in [5.41, 5.74) is 2.98. The maximum atomic E-state index is 13.6. The Kier molecular flexibility index (Phi) is 11.5. The summed E-state index contributed by atoms with van der Waals surface area (Å²) in [7, 11) is 0. The molecule has 48 heavy (non-hydrogen) atoms. The molecule has 0 saturated carbocycles. The third-order valence-corrected chi connectivity index (χ3v) is 9.74. The Morgan fingerprint density at radius 2 is 1.42 bits per heavy atom. The summed E-state index contributed by atoms with van der Waals surface area (Å²) < 4.78 is 8.45. The molecule has 0 amide bonds. The van der Waals surface area contributed by atoms with Crippen molar-refractivity contribution in [2.24, 2.45) is 10.8 Å². The summed E-state index contributed by atoms with van der Waals surface area (Å²) in [6.07, 6.45) is 19.6. The fraction of sp³-hybridized carbons (Fsp3) is 0.548. The van der Waals surface area contributed by atoms with E-state index in [0.717, 1.165) is 53.4 Å². The van der Waals surface area contributed by atoms with E-state index in [2.05, 4.69) is 53.0 Å². The highest BCUT2D eigenvalue weighted by Gasteiger charge is 2.46. The standard InChI is InChI=1S/C42H57NO5/c1-10-11-12-13-14-15-16-17-18-19-22-43-33-21-20-29(39(46)47)26-32(33)42(8,9)34(43)27-31-37(44)30(38(31)45)23-28-24-35(40(2,3)4)48-36(25-28)41(5,6)7/h20-21,23-27H,10-19,22H2,1-9H3,(H-,44,45,46,47). The predicted octanol–water partition coefficient (Wildman–Crippen LogP) is 9.62. The molecule has 0 atom stereocenters. The van der Waals surface area contributed by atoms with E-state index in [1.54, 1.807) is 24.3 Å². The molecule has 0 spiro atoms. The minimum Gasteiger partial charge on any atom is -0.871 e. The van der Waals surface area contributed by atoms with E-state index < -0.39 is 11.4 Å². The molecule has 0 radical (unpaired) electrons. The van der Waals surface area contributed by atoms with Gasteiger partial charge in [-0.15, -0.1) is 0 Å². The van der Waals surface area contributed by atoms with Crippen LogP contribution in [0.1, 0.15) is 142 Å². The van der Waals surface area contributed by atoms with Crippen molar-refractivity contribution in [3.8, 4) is 0 Å². The van der Waals surface area contributed by atoms with Crippen LogP contribution in [0.3, 0.4) is 0 Å². The van der Waals surface area contributed by atoms with Gasteiger partial charge in [0.25, 0.3) is 0 Å². The first-order valence-corrected chi connectivity index (χ1v) is 18.0. The lowest BCUT2D eigenvalue weighted by Gasteiger charge is -2.33. The van der Waals surface area contributed by atoms with Gasteiger partial charge in [0.15, 0.2) is 11.5 Å². The molecule has 0 bridgehead atoms. The lowest BCUT2D eigenvalue weighted by molar-refractivity contribution is -0.438. The largest absolute Gasteiger partial charge is 0.871 e. The van der Waals surface area contributed by atoms with Crippen LogP contribution in [0.25, 0.3) is 0 Å². The van der Waals surface area contributed by atoms with Crippen molar-refractivity contribution in [1.82, 2.24) is 0 Å². The fourth-order valence-corrected chi connectivity index (χ4v) is 6.61. The molecule has 6 nitrogen and oxygen atoms in total. The minimum absolute atomic E-state index is 0.176. The topological polar surface area (TPSA) is 89.7 Å². The average Bonchev–Trinajstić information content (AvgIpc) is 3.22. The molecular formula is C42H57NO5. The predicted molar refractivity (Wildman–Crippen MR) is 192 cm³/mol. The summed E-state index contributed by atoms with van der Waals surface area (Å²) in [6, 6.07) is 5.26. The normalized spacial score (nSPS) is 18.5. The molecule has 3 aliphatic rings. The molecule has 1 aliphatic carbocycles. The second kappa shape index (κ2) is 14.8. The van der Waals surface area contributed by atoms with Gasteiger partial charge in [-0.25, -0.2) is 4.79 Å². The Morgan fingerprint density at radius 1 is 0.875 bits per heavy atom. The zero-order chi connectivity index (χ0) is 35.4. The van der Waals surface area contributed by atoms with Gasteiger partial charge >= 0.3 is 5.97 Å². The number of ether oxygens (including phenoxy) is 1. The SMILES string of the molecule is CCCCCCCCCCCC[N+]1=C(C=C2C(=O)C(C=C3C=C(C(C)(C)C)OC(C(C)(C)C)=C3)=C2[O-])C(C)(C)c2cc(C(=O)O)ccc21. The zero-order valence-corrected chi connectivity index (χ0v) is 30.8. The highest BCUT2D eigenvalue weighted by Crippen LogP contribution is 2.43. The van der Waals surface area contributed by atoms with Crippen LogP contribution in [-0.4, -0.2) is 33.7 Å². The maximum absolute atomic E-state index is 13.6. The second-order valence-corrected chi connectivity index (χ2v) is 16.3. The lowest BCUT2D eigenvalue weighted by atomic mass is 9.78. The molecule has 2 heterocycles. The van der Waals surface area contributed by atoms with Crippen LogP contribution in [0.2, 0.25) is 0 Å². The van der Waals surface area contributed by atoms with Crippen molar-refractivity contribution >= 4 is 23.2 Å². The number of Topliss-reactive ketones (excluding diaryl/α,β-unsaturated/α-hetero) is 1. The van der Waals surface area contributed by atoms with Gasteiger partial charge in [-0.2, -0.15) is 4.58 Å². The summed E-state index contributed by atoms with van der Waals surface area (Å²) in [4.78, 5) is 25.5. The molecule has 6 heteroatoms. The Morgan fingerprint density at radius 3 is 1.92 bits per heavy atom. The molecule has 0 fully saturated rings. The molecular weight excluding hydrogens is 598 g/mol. The Balaban J connectivity index is 1.63. The molecule has 1 N–H and O–H groups in total. The second-order valence-electron chi connectivity index (χ2n) is 16.3. The Bertz CT molecular complexity index is 1580. The van der Waals surface area contributed by atoms with Gasteiger partial charge in [-0.1, -0.05) is 106 Å². The van der Waals surface area contributed by atoms with Crippen LogP contribution < -0.4 is 5.11 Å². The summed E-state index contributed by atoms with van der Waals surface area (Å²) >= 11 is 0. The first-order chi connectivity index (χ1) is 22.5. The van der Waals surface area contributed by atoms with Gasteiger partial charge in [-0.05, 0) is 56.2 Å². The van der Waals surface area contributed by atoms with Gasteiger partial charge in [0.05, 0.1) is 11.0 Å². The van der Waals surface area contributed by atoms with Crippen molar-refractivity contribution in [1.29, 1.82) is 0 Å². The number of carbonyl (C=O) groups excluding carboxylic acids is 1. The van der Waals surface area contributed by atoms with Crippen LogP contribution in [-0.2, 0) is 14.9 Å². The van der Waals surface area contributed by atoms with E-state index in [-0.39, 0.29) is 39.1 Å². The average molecular weight is 656 g/mol. The maximum Gasteiger partial charge on any atom is 0.335 e. The van der Waals surface area contributed by atoms with Gasteiger partial charge in [0.1, 0.15) is 18.1 Å². The quantitative estimate of drug-likeness (QED) is 0.122. The van der Waals surface area contributed by atoms with Crippen LogP contribution in [0, 0.1) is 10.8 Å². The molecule has 0 saturated heterocycles. The highest BCUT2D eigenvalue weighted by atomic mass is 16.5. The first kappa shape index (κ1) is 37.2. The third-order valence-electron chi connectivity index (χ3n) is 9.74. The van der Waals surface area contributed by atoms with E-state index >= 15 is 0 Å². The first-order valence-electron chi connectivity index (χ1n) is 18.0. The number of carboxylic acids is 1. The van der Waals surface area contributed by atoms with E-state index in [9.17, 15) is 19.8 Å². The van der Waals surface area contributed by atoms with Crippen molar-refractivity contribution < 1.29 is 29.1 Å². The van der Waals surface area contributed by atoms with Crippen molar-refractivity contribution in [2.75, 3.05) is 6.54 Å². The molecule has 260 valence electrons. The lowest BCUT2D eigenvalue weighted by Crippen LogP contribution is -2.34. The Labute approximate surface area is 288 Å².